The smallest absolute Gasteiger partial charge is 0.318 e. The second-order valence-electron chi connectivity index (χ2n) is 8.62. The minimum atomic E-state index is -0.817. The van der Waals surface area contributed by atoms with Crippen molar-refractivity contribution in [2.45, 2.75) is 32.7 Å². The lowest BCUT2D eigenvalue weighted by atomic mass is 10.1. The summed E-state index contributed by atoms with van der Waals surface area (Å²) in [7, 11) is 3.78. The van der Waals surface area contributed by atoms with Gasteiger partial charge in [-0.25, -0.2) is 9.18 Å². The summed E-state index contributed by atoms with van der Waals surface area (Å²) in [5.41, 5.74) is 4.07. The van der Waals surface area contributed by atoms with E-state index in [-0.39, 0.29) is 24.9 Å². The fourth-order valence-corrected chi connectivity index (χ4v) is 3.67. The van der Waals surface area contributed by atoms with Gasteiger partial charge in [-0.3, -0.25) is 0 Å². The van der Waals surface area contributed by atoms with E-state index in [1.54, 1.807) is 11.0 Å². The third kappa shape index (κ3) is 7.41. The van der Waals surface area contributed by atoms with Crippen LogP contribution in [0, 0.1) is 12.7 Å². The largest absolute Gasteiger partial charge is 0.387 e. The highest BCUT2D eigenvalue weighted by Crippen LogP contribution is 2.18. The highest BCUT2D eigenvalue weighted by Gasteiger charge is 2.19. The minimum Gasteiger partial charge on any atom is -0.387 e. The van der Waals surface area contributed by atoms with E-state index in [1.807, 2.05) is 86.6 Å². The van der Waals surface area contributed by atoms with Crippen molar-refractivity contribution in [3.63, 3.8) is 0 Å². The standard InChI is InChI=1S/C27H32FN3O2/c1-20-8-7-11-23(14-20)26(32)19-31(17-21-9-5-4-6-10-21)27(33)29-16-22-12-13-24(18-30(2)3)25(28)15-22/h4-15,26,32H,16-19H2,1-3H3,(H,29,33). The molecular formula is C27H32FN3O2. The van der Waals surface area contributed by atoms with E-state index < -0.39 is 6.10 Å². The van der Waals surface area contributed by atoms with Gasteiger partial charge in [-0.05, 0) is 43.8 Å². The Bertz CT molecular complexity index is 1060. The molecule has 0 fully saturated rings. The van der Waals surface area contributed by atoms with Gasteiger partial charge in [-0.15, -0.1) is 0 Å². The van der Waals surface area contributed by atoms with E-state index in [2.05, 4.69) is 5.32 Å². The monoisotopic (exact) mass is 449 g/mol. The van der Waals surface area contributed by atoms with E-state index in [0.29, 0.717) is 24.2 Å². The Morgan fingerprint density at radius 1 is 0.970 bits per heavy atom. The zero-order chi connectivity index (χ0) is 23.8. The quantitative estimate of drug-likeness (QED) is 0.500. The average molecular weight is 450 g/mol. The molecule has 3 aromatic rings. The predicted octanol–water partition coefficient (Wildman–Crippen LogP) is 4.64. The Morgan fingerprint density at radius 3 is 2.39 bits per heavy atom. The van der Waals surface area contributed by atoms with Crippen molar-refractivity contribution in [2.75, 3.05) is 20.6 Å². The van der Waals surface area contributed by atoms with Crippen LogP contribution in [0.4, 0.5) is 9.18 Å². The molecule has 2 N–H and O–H groups in total. The van der Waals surface area contributed by atoms with Gasteiger partial charge in [0.15, 0.2) is 0 Å². The molecule has 1 atom stereocenters. The number of carbonyl (C=O) groups excluding carboxylic acids is 1. The third-order valence-corrected chi connectivity index (χ3v) is 5.37. The van der Waals surface area contributed by atoms with Gasteiger partial charge >= 0.3 is 6.03 Å². The zero-order valence-corrected chi connectivity index (χ0v) is 19.5. The molecule has 33 heavy (non-hydrogen) atoms. The Labute approximate surface area is 195 Å². The van der Waals surface area contributed by atoms with Gasteiger partial charge < -0.3 is 20.2 Å². The molecule has 0 aliphatic rings. The van der Waals surface area contributed by atoms with Crippen LogP contribution in [0.25, 0.3) is 0 Å². The van der Waals surface area contributed by atoms with Crippen molar-refractivity contribution in [3.8, 4) is 0 Å². The molecule has 6 heteroatoms. The van der Waals surface area contributed by atoms with Crippen LogP contribution in [-0.2, 0) is 19.6 Å². The van der Waals surface area contributed by atoms with E-state index >= 15 is 0 Å². The minimum absolute atomic E-state index is 0.139. The van der Waals surface area contributed by atoms with E-state index in [4.69, 9.17) is 0 Å². The summed E-state index contributed by atoms with van der Waals surface area (Å²) in [6.45, 7) is 3.17. The molecule has 0 saturated carbocycles. The first-order chi connectivity index (χ1) is 15.8. The summed E-state index contributed by atoms with van der Waals surface area (Å²) in [5.74, 6) is -0.286. The maximum atomic E-state index is 14.4. The molecule has 0 aliphatic carbocycles. The molecule has 0 saturated heterocycles. The second-order valence-corrected chi connectivity index (χ2v) is 8.62. The number of carbonyl (C=O) groups is 1. The maximum absolute atomic E-state index is 14.4. The van der Waals surface area contributed by atoms with Crippen LogP contribution in [-0.4, -0.2) is 41.6 Å². The van der Waals surface area contributed by atoms with E-state index in [9.17, 15) is 14.3 Å². The molecule has 0 radical (unpaired) electrons. The number of halogens is 1. The molecule has 3 rings (SSSR count). The lowest BCUT2D eigenvalue weighted by molar-refractivity contribution is 0.118. The average Bonchev–Trinajstić information content (AvgIpc) is 2.79. The topological polar surface area (TPSA) is 55.8 Å². The molecular weight excluding hydrogens is 417 g/mol. The number of aliphatic hydroxyl groups excluding tert-OH is 1. The van der Waals surface area contributed by atoms with Crippen molar-refractivity contribution < 1.29 is 14.3 Å². The first-order valence-electron chi connectivity index (χ1n) is 11.0. The van der Waals surface area contributed by atoms with Crippen LogP contribution in [0.1, 0.15) is 33.9 Å². The highest BCUT2D eigenvalue weighted by molar-refractivity contribution is 5.74. The zero-order valence-electron chi connectivity index (χ0n) is 19.5. The summed E-state index contributed by atoms with van der Waals surface area (Å²) < 4.78 is 14.4. The van der Waals surface area contributed by atoms with Crippen LogP contribution in [0.2, 0.25) is 0 Å². The number of amides is 2. The first-order valence-corrected chi connectivity index (χ1v) is 11.0. The second kappa shape index (κ2) is 11.6. The van der Waals surface area contributed by atoms with E-state index in [0.717, 1.165) is 16.7 Å². The molecule has 0 aromatic heterocycles. The molecule has 3 aromatic carbocycles. The van der Waals surface area contributed by atoms with Crippen molar-refractivity contribution >= 4 is 6.03 Å². The Morgan fingerprint density at radius 2 is 1.73 bits per heavy atom. The number of hydrogen-bond acceptors (Lipinski definition) is 3. The summed E-state index contributed by atoms with van der Waals surface area (Å²) >= 11 is 0. The number of urea groups is 1. The molecule has 2 amide bonds. The summed E-state index contributed by atoms with van der Waals surface area (Å²) in [4.78, 5) is 16.5. The van der Waals surface area contributed by atoms with Crippen molar-refractivity contribution in [1.82, 2.24) is 15.1 Å². The molecule has 0 bridgehead atoms. The van der Waals surface area contributed by atoms with Gasteiger partial charge in [0.2, 0.25) is 0 Å². The third-order valence-electron chi connectivity index (χ3n) is 5.37. The molecule has 1 unspecified atom stereocenters. The SMILES string of the molecule is Cc1cccc(C(O)CN(Cc2ccccc2)C(=O)NCc2ccc(CN(C)C)c(F)c2)c1. The van der Waals surface area contributed by atoms with E-state index in [1.165, 1.54) is 6.07 Å². The fraction of sp³-hybridized carbons (Fsp3) is 0.296. The number of aliphatic hydroxyl groups is 1. The molecule has 5 nitrogen and oxygen atoms in total. The van der Waals surface area contributed by atoms with Crippen LogP contribution in [0.3, 0.4) is 0 Å². The lowest BCUT2D eigenvalue weighted by Gasteiger charge is -2.26. The molecule has 174 valence electrons. The van der Waals surface area contributed by atoms with Gasteiger partial charge in [0.1, 0.15) is 5.82 Å². The summed E-state index contributed by atoms with van der Waals surface area (Å²) in [6.07, 6.45) is -0.817. The number of rotatable bonds is 9. The van der Waals surface area contributed by atoms with Gasteiger partial charge in [-0.1, -0.05) is 72.3 Å². The normalized spacial score (nSPS) is 11.9. The number of hydrogen-bond donors (Lipinski definition) is 2. The maximum Gasteiger partial charge on any atom is 0.318 e. The van der Waals surface area contributed by atoms with Gasteiger partial charge in [0.25, 0.3) is 0 Å². The van der Waals surface area contributed by atoms with Crippen LogP contribution >= 0.6 is 0 Å². The number of nitrogens with one attached hydrogen (secondary N) is 1. The van der Waals surface area contributed by atoms with Crippen molar-refractivity contribution in [2.24, 2.45) is 0 Å². The molecule has 0 spiro atoms. The number of benzene rings is 3. The van der Waals surface area contributed by atoms with Crippen LogP contribution in [0.5, 0.6) is 0 Å². The molecule has 0 aliphatic heterocycles. The van der Waals surface area contributed by atoms with Crippen LogP contribution < -0.4 is 5.32 Å². The van der Waals surface area contributed by atoms with Crippen molar-refractivity contribution in [1.29, 1.82) is 0 Å². The Balaban J connectivity index is 1.70. The molecule has 0 heterocycles. The van der Waals surface area contributed by atoms with Gasteiger partial charge in [0, 0.05) is 25.2 Å². The predicted molar refractivity (Wildman–Crippen MR) is 129 cm³/mol. The van der Waals surface area contributed by atoms with Crippen LogP contribution in [0.15, 0.2) is 72.8 Å². The summed E-state index contributed by atoms with van der Waals surface area (Å²) in [5, 5.41) is 13.7. The fourth-order valence-electron chi connectivity index (χ4n) is 3.67. The number of aryl methyl sites for hydroxylation is 1. The first kappa shape index (κ1) is 24.4. The van der Waals surface area contributed by atoms with Gasteiger partial charge in [-0.2, -0.15) is 0 Å². The van der Waals surface area contributed by atoms with Gasteiger partial charge in [0.05, 0.1) is 12.6 Å². The van der Waals surface area contributed by atoms with Crippen molar-refractivity contribution in [3.05, 3.63) is 106 Å². The lowest BCUT2D eigenvalue weighted by Crippen LogP contribution is -2.41. The summed E-state index contributed by atoms with van der Waals surface area (Å²) in [6, 6.07) is 22.0. The number of nitrogens with zero attached hydrogens (tertiary/aromatic N) is 2. The Hall–Kier alpha value is -3.22. The highest BCUT2D eigenvalue weighted by atomic mass is 19.1. The Kier molecular flexibility index (Phi) is 8.58.